The van der Waals surface area contributed by atoms with Crippen LogP contribution in [0.3, 0.4) is 0 Å². The molecule has 0 atom stereocenters. The molecule has 1 aromatic heterocycles. The summed E-state index contributed by atoms with van der Waals surface area (Å²) in [6.45, 7) is 4.64. The lowest BCUT2D eigenvalue weighted by Crippen LogP contribution is -2.37. The van der Waals surface area contributed by atoms with E-state index in [-0.39, 0.29) is 0 Å². The number of nitrogens with zero attached hydrogens (tertiary/aromatic N) is 1. The Balaban J connectivity index is 1.46. The molecular formula is C18H23N3OS. The molecule has 2 aromatic rings. The summed E-state index contributed by atoms with van der Waals surface area (Å²) in [4.78, 5) is 5.64. The van der Waals surface area contributed by atoms with E-state index in [0.717, 1.165) is 44.2 Å². The van der Waals surface area contributed by atoms with Crippen molar-refractivity contribution < 1.29 is 4.74 Å². The van der Waals surface area contributed by atoms with Crippen LogP contribution in [0.15, 0.2) is 34.6 Å². The molecule has 0 unspecified atom stereocenters. The van der Waals surface area contributed by atoms with Gasteiger partial charge in [-0.1, -0.05) is 12.1 Å². The van der Waals surface area contributed by atoms with E-state index < -0.39 is 0 Å². The smallest absolute Gasteiger partial charge is 0.191 e. The van der Waals surface area contributed by atoms with Crippen molar-refractivity contribution in [3.05, 3.63) is 51.2 Å². The van der Waals surface area contributed by atoms with E-state index in [2.05, 4.69) is 52.2 Å². The summed E-state index contributed by atoms with van der Waals surface area (Å²) in [7, 11) is 1.81. The van der Waals surface area contributed by atoms with E-state index >= 15 is 0 Å². The molecule has 0 aliphatic carbocycles. The Bertz CT molecular complexity index is 693. The van der Waals surface area contributed by atoms with Crippen molar-refractivity contribution in [3.63, 3.8) is 0 Å². The number of nitrogens with one attached hydrogen (secondary N) is 2. The summed E-state index contributed by atoms with van der Waals surface area (Å²) in [6, 6.07) is 8.64. The lowest BCUT2D eigenvalue weighted by Gasteiger charge is -2.12. The second-order valence-electron chi connectivity index (χ2n) is 5.67. The van der Waals surface area contributed by atoms with Gasteiger partial charge in [0.1, 0.15) is 5.75 Å². The number of fused-ring (bicyclic) bond motifs is 1. The minimum Gasteiger partial charge on any atom is -0.493 e. The predicted molar refractivity (Wildman–Crippen MR) is 96.6 cm³/mol. The molecule has 1 aromatic carbocycles. The fourth-order valence-corrected chi connectivity index (χ4v) is 3.54. The van der Waals surface area contributed by atoms with Crippen LogP contribution in [-0.2, 0) is 19.4 Å². The van der Waals surface area contributed by atoms with Gasteiger partial charge in [-0.15, -0.1) is 11.3 Å². The number of thiophene rings is 1. The molecule has 2 heterocycles. The zero-order chi connectivity index (χ0) is 16.1. The molecule has 122 valence electrons. The fraction of sp³-hybridized carbons (Fsp3) is 0.389. The van der Waals surface area contributed by atoms with Gasteiger partial charge in [0.25, 0.3) is 0 Å². The summed E-state index contributed by atoms with van der Waals surface area (Å²) in [5.74, 6) is 1.90. The van der Waals surface area contributed by atoms with Crippen molar-refractivity contribution in [2.24, 2.45) is 4.99 Å². The number of hydrogen-bond donors (Lipinski definition) is 2. The van der Waals surface area contributed by atoms with Gasteiger partial charge in [0, 0.05) is 24.9 Å². The van der Waals surface area contributed by atoms with E-state index in [4.69, 9.17) is 4.74 Å². The molecule has 0 spiro atoms. The third kappa shape index (κ3) is 4.05. The summed E-state index contributed by atoms with van der Waals surface area (Å²) >= 11 is 1.78. The molecule has 0 saturated carbocycles. The molecule has 4 nitrogen and oxygen atoms in total. The maximum absolute atomic E-state index is 5.55. The molecule has 0 radical (unpaired) electrons. The maximum Gasteiger partial charge on any atom is 0.191 e. The van der Waals surface area contributed by atoms with Crippen LogP contribution in [-0.4, -0.2) is 26.2 Å². The quantitative estimate of drug-likeness (QED) is 0.655. The van der Waals surface area contributed by atoms with Crippen molar-refractivity contribution in [3.8, 4) is 5.75 Å². The first-order valence-corrected chi connectivity index (χ1v) is 8.86. The number of rotatable bonds is 5. The minimum absolute atomic E-state index is 0.815. The number of hydrogen-bond acceptors (Lipinski definition) is 3. The van der Waals surface area contributed by atoms with Gasteiger partial charge >= 0.3 is 0 Å². The first kappa shape index (κ1) is 15.9. The molecule has 1 aliphatic heterocycles. The Morgan fingerprint density at radius 2 is 2.22 bits per heavy atom. The molecule has 2 N–H and O–H groups in total. The van der Waals surface area contributed by atoms with Crippen molar-refractivity contribution in [2.75, 3.05) is 20.2 Å². The maximum atomic E-state index is 5.55. The van der Waals surface area contributed by atoms with Crippen LogP contribution in [0.5, 0.6) is 5.75 Å². The second-order valence-corrected chi connectivity index (χ2v) is 6.67. The normalized spacial score (nSPS) is 13.6. The van der Waals surface area contributed by atoms with Gasteiger partial charge in [0.2, 0.25) is 0 Å². The van der Waals surface area contributed by atoms with Crippen LogP contribution in [0, 0.1) is 6.92 Å². The van der Waals surface area contributed by atoms with E-state index in [0.29, 0.717) is 0 Å². The second kappa shape index (κ2) is 7.51. The fourth-order valence-electron chi connectivity index (χ4n) is 2.69. The first-order chi connectivity index (χ1) is 11.3. The van der Waals surface area contributed by atoms with Crippen LogP contribution in [0.25, 0.3) is 0 Å². The SMILES string of the molecule is CN=C(NCCc1ccc2c(c1)CCO2)NCc1sccc1C. The Labute approximate surface area is 141 Å². The monoisotopic (exact) mass is 329 g/mol. The van der Waals surface area contributed by atoms with E-state index in [1.54, 1.807) is 11.3 Å². The number of aliphatic imine (C=N–C) groups is 1. The lowest BCUT2D eigenvalue weighted by molar-refractivity contribution is 0.357. The number of guanidine groups is 1. The molecule has 23 heavy (non-hydrogen) atoms. The highest BCUT2D eigenvalue weighted by Gasteiger charge is 2.11. The largest absolute Gasteiger partial charge is 0.493 e. The van der Waals surface area contributed by atoms with Crippen LogP contribution in [0.4, 0.5) is 0 Å². The van der Waals surface area contributed by atoms with Gasteiger partial charge in [-0.05, 0) is 47.5 Å². The third-order valence-corrected chi connectivity index (χ3v) is 5.09. The summed E-state index contributed by atoms with van der Waals surface area (Å²) in [5.41, 5.74) is 4.00. The Morgan fingerprint density at radius 3 is 3.00 bits per heavy atom. The molecular weight excluding hydrogens is 306 g/mol. The van der Waals surface area contributed by atoms with Crippen LogP contribution < -0.4 is 15.4 Å². The highest BCUT2D eigenvalue weighted by atomic mass is 32.1. The number of aryl methyl sites for hydroxylation is 1. The molecule has 0 bridgehead atoms. The lowest BCUT2D eigenvalue weighted by atomic mass is 10.1. The zero-order valence-electron chi connectivity index (χ0n) is 13.7. The van der Waals surface area contributed by atoms with Crippen molar-refractivity contribution >= 4 is 17.3 Å². The van der Waals surface area contributed by atoms with Gasteiger partial charge in [-0.2, -0.15) is 0 Å². The molecule has 5 heteroatoms. The van der Waals surface area contributed by atoms with Crippen molar-refractivity contribution in [1.82, 2.24) is 10.6 Å². The van der Waals surface area contributed by atoms with Gasteiger partial charge in [0.15, 0.2) is 5.96 Å². The van der Waals surface area contributed by atoms with E-state index in [1.807, 2.05) is 7.05 Å². The Hall–Kier alpha value is -2.01. The highest BCUT2D eigenvalue weighted by Crippen LogP contribution is 2.25. The van der Waals surface area contributed by atoms with Gasteiger partial charge in [-0.25, -0.2) is 0 Å². The van der Waals surface area contributed by atoms with E-state index in [1.165, 1.54) is 21.6 Å². The summed E-state index contributed by atoms with van der Waals surface area (Å²) in [5, 5.41) is 8.87. The Morgan fingerprint density at radius 1 is 1.30 bits per heavy atom. The topological polar surface area (TPSA) is 45.7 Å². The summed E-state index contributed by atoms with van der Waals surface area (Å²) < 4.78 is 5.55. The standard InChI is InChI=1S/C18H23N3OS/c1-13-7-10-23-17(13)12-21-18(19-2)20-8-5-14-3-4-16-15(11-14)6-9-22-16/h3-4,7,10-11H,5-6,8-9,12H2,1-2H3,(H2,19,20,21). The van der Waals surface area contributed by atoms with E-state index in [9.17, 15) is 0 Å². The van der Waals surface area contributed by atoms with Crippen LogP contribution in [0.2, 0.25) is 0 Å². The van der Waals surface area contributed by atoms with Crippen LogP contribution >= 0.6 is 11.3 Å². The van der Waals surface area contributed by atoms with Crippen molar-refractivity contribution in [2.45, 2.75) is 26.3 Å². The summed E-state index contributed by atoms with van der Waals surface area (Å²) in [6.07, 6.45) is 2.01. The van der Waals surface area contributed by atoms with Crippen LogP contribution in [0.1, 0.15) is 21.6 Å². The highest BCUT2D eigenvalue weighted by molar-refractivity contribution is 7.10. The average molecular weight is 329 g/mol. The molecule has 0 amide bonds. The number of benzene rings is 1. The zero-order valence-corrected chi connectivity index (χ0v) is 14.5. The van der Waals surface area contributed by atoms with Crippen molar-refractivity contribution in [1.29, 1.82) is 0 Å². The molecule has 0 fully saturated rings. The molecule has 3 rings (SSSR count). The van der Waals surface area contributed by atoms with Gasteiger partial charge < -0.3 is 15.4 Å². The first-order valence-electron chi connectivity index (χ1n) is 7.98. The minimum atomic E-state index is 0.815. The molecule has 1 aliphatic rings. The predicted octanol–water partition coefficient (Wildman–Crippen LogP) is 2.90. The van der Waals surface area contributed by atoms with Gasteiger partial charge in [-0.3, -0.25) is 4.99 Å². The molecule has 0 saturated heterocycles. The number of ether oxygens (including phenoxy) is 1. The van der Waals surface area contributed by atoms with Gasteiger partial charge in [0.05, 0.1) is 13.2 Å². The third-order valence-electron chi connectivity index (χ3n) is 4.07. The average Bonchev–Trinajstić information content (AvgIpc) is 3.19. The Kier molecular flexibility index (Phi) is 5.18.